The van der Waals surface area contributed by atoms with Gasteiger partial charge in [0.1, 0.15) is 5.02 Å². The predicted molar refractivity (Wildman–Crippen MR) is 51.1 cm³/mol. The van der Waals surface area contributed by atoms with Crippen molar-refractivity contribution in [3.05, 3.63) is 21.6 Å². The Kier molecular flexibility index (Phi) is 2.22. The van der Waals surface area contributed by atoms with E-state index in [1.807, 2.05) is 0 Å². The molecule has 70 valence electrons. The van der Waals surface area contributed by atoms with Crippen molar-refractivity contribution in [3.63, 3.8) is 0 Å². The number of anilines is 1. The molecule has 0 unspecified atom stereocenters. The van der Waals surface area contributed by atoms with Crippen molar-refractivity contribution in [2.45, 2.75) is 25.3 Å². The van der Waals surface area contributed by atoms with Gasteiger partial charge in [-0.1, -0.05) is 11.6 Å². The van der Waals surface area contributed by atoms with Gasteiger partial charge in [-0.25, -0.2) is 5.10 Å². The van der Waals surface area contributed by atoms with Gasteiger partial charge in [-0.2, -0.15) is 5.10 Å². The fraction of sp³-hybridized carbons (Fsp3) is 0.500. The number of nitrogens with one attached hydrogen (secondary N) is 2. The minimum atomic E-state index is -0.342. The summed E-state index contributed by atoms with van der Waals surface area (Å²) in [5.74, 6) is 0. The van der Waals surface area contributed by atoms with Crippen LogP contribution in [0.2, 0.25) is 5.02 Å². The Bertz CT molecular complexity index is 359. The molecule has 5 heteroatoms. The summed E-state index contributed by atoms with van der Waals surface area (Å²) in [4.78, 5) is 11.0. The molecular weight excluding hydrogens is 190 g/mol. The van der Waals surface area contributed by atoms with Crippen molar-refractivity contribution < 1.29 is 0 Å². The van der Waals surface area contributed by atoms with E-state index in [1.165, 1.54) is 6.42 Å². The van der Waals surface area contributed by atoms with Crippen molar-refractivity contribution >= 4 is 17.3 Å². The summed E-state index contributed by atoms with van der Waals surface area (Å²) < 4.78 is 0. The molecule has 0 bridgehead atoms. The highest BCUT2D eigenvalue weighted by Crippen LogP contribution is 2.25. The number of aromatic nitrogens is 2. The molecule has 0 aliphatic heterocycles. The van der Waals surface area contributed by atoms with E-state index in [9.17, 15) is 4.79 Å². The van der Waals surface area contributed by atoms with Gasteiger partial charge >= 0.3 is 0 Å². The number of aromatic amines is 1. The molecule has 1 fully saturated rings. The standard InChI is InChI=1S/C8H10ClN3O/c9-7-6(4-10-12-8(7)13)11-5-2-1-3-5/h4-5H,1-3H2,(H2,11,12,13). The topological polar surface area (TPSA) is 57.8 Å². The SMILES string of the molecule is O=c1[nH]ncc(NC2CCC2)c1Cl. The van der Waals surface area contributed by atoms with Crippen LogP contribution in [0.5, 0.6) is 0 Å². The van der Waals surface area contributed by atoms with Crippen LogP contribution in [0.1, 0.15) is 19.3 Å². The summed E-state index contributed by atoms with van der Waals surface area (Å²) in [5.41, 5.74) is 0.293. The molecule has 0 radical (unpaired) electrons. The number of halogens is 1. The van der Waals surface area contributed by atoms with Crippen molar-refractivity contribution in [1.82, 2.24) is 10.2 Å². The summed E-state index contributed by atoms with van der Waals surface area (Å²) in [5, 5.41) is 9.31. The Morgan fingerprint density at radius 2 is 2.38 bits per heavy atom. The number of nitrogens with zero attached hydrogens (tertiary/aromatic N) is 1. The lowest BCUT2D eigenvalue weighted by Crippen LogP contribution is -2.28. The molecule has 1 aromatic rings. The van der Waals surface area contributed by atoms with E-state index < -0.39 is 0 Å². The maximum absolute atomic E-state index is 11.0. The monoisotopic (exact) mass is 199 g/mol. The molecule has 0 spiro atoms. The fourth-order valence-electron chi connectivity index (χ4n) is 1.26. The van der Waals surface area contributed by atoms with E-state index in [4.69, 9.17) is 11.6 Å². The molecule has 1 aliphatic carbocycles. The van der Waals surface area contributed by atoms with Gasteiger partial charge in [0.05, 0.1) is 11.9 Å². The lowest BCUT2D eigenvalue weighted by molar-refractivity contribution is 0.445. The second-order valence-corrected chi connectivity index (χ2v) is 3.58. The van der Waals surface area contributed by atoms with E-state index in [-0.39, 0.29) is 10.6 Å². The number of hydrogen-bond acceptors (Lipinski definition) is 3. The Hall–Kier alpha value is -1.03. The van der Waals surface area contributed by atoms with Crippen LogP contribution in [0.4, 0.5) is 5.69 Å². The van der Waals surface area contributed by atoms with Crippen molar-refractivity contribution in [2.24, 2.45) is 0 Å². The van der Waals surface area contributed by atoms with Gasteiger partial charge in [0, 0.05) is 6.04 Å². The molecule has 1 aromatic heterocycles. The van der Waals surface area contributed by atoms with Crippen LogP contribution in [0.3, 0.4) is 0 Å². The third-order valence-electron chi connectivity index (χ3n) is 2.26. The lowest BCUT2D eigenvalue weighted by atomic mass is 9.93. The summed E-state index contributed by atoms with van der Waals surface area (Å²) in [6, 6.07) is 0.459. The van der Waals surface area contributed by atoms with Crippen LogP contribution in [0, 0.1) is 0 Å². The highest BCUT2D eigenvalue weighted by molar-refractivity contribution is 6.32. The van der Waals surface area contributed by atoms with Crippen LogP contribution in [0.25, 0.3) is 0 Å². The normalized spacial score (nSPS) is 16.7. The largest absolute Gasteiger partial charge is 0.380 e. The Morgan fingerprint density at radius 3 is 3.00 bits per heavy atom. The van der Waals surface area contributed by atoms with Gasteiger partial charge in [0.2, 0.25) is 0 Å². The molecule has 2 rings (SSSR count). The van der Waals surface area contributed by atoms with E-state index in [0.717, 1.165) is 12.8 Å². The Balaban J connectivity index is 2.19. The molecule has 1 aliphatic rings. The van der Waals surface area contributed by atoms with Crippen molar-refractivity contribution in [2.75, 3.05) is 5.32 Å². The Labute approximate surface area is 80.3 Å². The van der Waals surface area contributed by atoms with Gasteiger partial charge < -0.3 is 5.32 Å². The second kappa shape index (κ2) is 3.38. The van der Waals surface area contributed by atoms with Crippen LogP contribution in [-0.4, -0.2) is 16.2 Å². The van der Waals surface area contributed by atoms with Crippen LogP contribution >= 0.6 is 11.6 Å². The first-order valence-electron chi connectivity index (χ1n) is 4.27. The first-order chi connectivity index (χ1) is 6.27. The highest BCUT2D eigenvalue weighted by Gasteiger charge is 2.18. The van der Waals surface area contributed by atoms with Crippen LogP contribution < -0.4 is 10.9 Å². The molecule has 1 heterocycles. The van der Waals surface area contributed by atoms with E-state index >= 15 is 0 Å². The van der Waals surface area contributed by atoms with Gasteiger partial charge in [-0.05, 0) is 19.3 Å². The number of hydrogen-bond donors (Lipinski definition) is 2. The zero-order valence-electron chi connectivity index (χ0n) is 7.01. The second-order valence-electron chi connectivity index (χ2n) is 3.20. The van der Waals surface area contributed by atoms with Crippen molar-refractivity contribution in [1.29, 1.82) is 0 Å². The molecular formula is C8H10ClN3O. The van der Waals surface area contributed by atoms with Gasteiger partial charge in [0.15, 0.2) is 0 Å². The average Bonchev–Trinajstić information content (AvgIpc) is 2.04. The molecule has 0 saturated heterocycles. The predicted octanol–water partition coefficient (Wildman–Crippen LogP) is 1.39. The fourth-order valence-corrected chi connectivity index (χ4v) is 1.40. The minimum Gasteiger partial charge on any atom is -0.380 e. The molecule has 0 amide bonds. The maximum atomic E-state index is 11.0. The number of H-pyrrole nitrogens is 1. The molecule has 1 saturated carbocycles. The Morgan fingerprint density at radius 1 is 1.62 bits per heavy atom. The van der Waals surface area contributed by atoms with Crippen molar-refractivity contribution in [3.8, 4) is 0 Å². The van der Waals surface area contributed by atoms with Gasteiger partial charge in [0.25, 0.3) is 5.56 Å². The minimum absolute atomic E-state index is 0.196. The summed E-state index contributed by atoms with van der Waals surface area (Å²) >= 11 is 5.77. The third-order valence-corrected chi connectivity index (χ3v) is 2.64. The average molecular weight is 200 g/mol. The first kappa shape index (κ1) is 8.56. The summed E-state index contributed by atoms with van der Waals surface area (Å²) in [7, 11) is 0. The van der Waals surface area contributed by atoms with Gasteiger partial charge in [-0.3, -0.25) is 4.79 Å². The zero-order chi connectivity index (χ0) is 9.26. The highest BCUT2D eigenvalue weighted by atomic mass is 35.5. The number of rotatable bonds is 2. The van der Waals surface area contributed by atoms with Crippen LogP contribution in [0.15, 0.2) is 11.0 Å². The molecule has 4 nitrogen and oxygen atoms in total. The molecule has 13 heavy (non-hydrogen) atoms. The molecule has 0 atom stereocenters. The lowest BCUT2D eigenvalue weighted by Gasteiger charge is -2.27. The molecule has 0 aromatic carbocycles. The van der Waals surface area contributed by atoms with E-state index in [1.54, 1.807) is 6.20 Å². The molecule has 2 N–H and O–H groups in total. The van der Waals surface area contributed by atoms with Gasteiger partial charge in [-0.15, -0.1) is 0 Å². The first-order valence-corrected chi connectivity index (χ1v) is 4.65. The third kappa shape index (κ3) is 1.67. The summed E-state index contributed by atoms with van der Waals surface area (Å²) in [6.45, 7) is 0. The summed E-state index contributed by atoms with van der Waals surface area (Å²) in [6.07, 6.45) is 5.07. The zero-order valence-corrected chi connectivity index (χ0v) is 7.77. The quantitative estimate of drug-likeness (QED) is 0.757. The van der Waals surface area contributed by atoms with E-state index in [2.05, 4.69) is 15.5 Å². The van der Waals surface area contributed by atoms with Crippen LogP contribution in [-0.2, 0) is 0 Å². The smallest absolute Gasteiger partial charge is 0.285 e. The van der Waals surface area contributed by atoms with E-state index in [0.29, 0.717) is 11.7 Å². The maximum Gasteiger partial charge on any atom is 0.285 e.